The molecule has 7 rings (SSSR count). The van der Waals surface area contributed by atoms with Crippen molar-refractivity contribution in [3.05, 3.63) is 33.5 Å². The van der Waals surface area contributed by atoms with Crippen LogP contribution in [0.3, 0.4) is 0 Å². The molecule has 5 heterocycles. The molecule has 3 fully saturated rings. The Bertz CT molecular complexity index is 1600. The van der Waals surface area contributed by atoms with Crippen molar-refractivity contribution in [3.8, 4) is 22.9 Å². The standard InChI is InChI=1S/C28H33ClN8O3/c1-15-6-8-17(9-7-15)14-37-23-22(19-12-18(29)13-30-16(19)2)31-25(26-34-28(38)40-35-26)32-24(23)33-27(37)36-10-11-39-21-5-3-4-20(21)36/h12-13,15,17,20-21H,3-11,14H2,1-2H3,(H,34,35,38)/t15-,17-,20?,21?. The van der Waals surface area contributed by atoms with Gasteiger partial charge in [0.1, 0.15) is 11.2 Å². The zero-order valence-corrected chi connectivity index (χ0v) is 23.5. The molecule has 0 bridgehead atoms. The number of imidazole rings is 1. The van der Waals surface area contributed by atoms with Crippen LogP contribution in [0.5, 0.6) is 0 Å². The van der Waals surface area contributed by atoms with Gasteiger partial charge in [-0.1, -0.05) is 36.5 Å². The van der Waals surface area contributed by atoms with E-state index in [4.69, 9.17) is 35.8 Å². The lowest BCUT2D eigenvalue weighted by Gasteiger charge is -2.39. The number of anilines is 1. The highest BCUT2D eigenvalue weighted by atomic mass is 35.5. The summed E-state index contributed by atoms with van der Waals surface area (Å²) >= 11 is 6.45. The summed E-state index contributed by atoms with van der Waals surface area (Å²) in [6.07, 6.45) is 9.99. The lowest BCUT2D eigenvalue weighted by atomic mass is 9.83. The van der Waals surface area contributed by atoms with Gasteiger partial charge in [-0.05, 0) is 56.9 Å². The van der Waals surface area contributed by atoms with Crippen LogP contribution in [-0.4, -0.2) is 59.9 Å². The molecule has 1 saturated heterocycles. The van der Waals surface area contributed by atoms with Crippen LogP contribution in [0.4, 0.5) is 5.95 Å². The highest BCUT2D eigenvalue weighted by Crippen LogP contribution is 2.39. The molecule has 1 aliphatic heterocycles. The summed E-state index contributed by atoms with van der Waals surface area (Å²) < 4.78 is 13.3. The van der Waals surface area contributed by atoms with E-state index >= 15 is 0 Å². The number of halogens is 1. The van der Waals surface area contributed by atoms with E-state index in [0.717, 1.165) is 61.0 Å². The summed E-state index contributed by atoms with van der Waals surface area (Å²) in [5, 5.41) is 4.37. The number of aryl methyl sites for hydroxylation is 1. The van der Waals surface area contributed by atoms with Crippen molar-refractivity contribution < 1.29 is 9.26 Å². The first kappa shape index (κ1) is 25.6. The van der Waals surface area contributed by atoms with Crippen molar-refractivity contribution in [2.24, 2.45) is 11.8 Å². The minimum atomic E-state index is -0.667. The highest BCUT2D eigenvalue weighted by Gasteiger charge is 2.39. The van der Waals surface area contributed by atoms with E-state index in [1.54, 1.807) is 6.20 Å². The van der Waals surface area contributed by atoms with Gasteiger partial charge in [-0.25, -0.2) is 14.8 Å². The predicted molar refractivity (Wildman–Crippen MR) is 150 cm³/mol. The fourth-order valence-corrected chi connectivity index (χ4v) is 6.89. The Morgan fingerprint density at radius 2 is 1.98 bits per heavy atom. The normalized spacial score (nSPS) is 25.0. The fraction of sp³-hybridized carbons (Fsp3) is 0.571. The summed E-state index contributed by atoms with van der Waals surface area (Å²) in [5.74, 6) is 1.92. The number of pyridine rings is 1. The third kappa shape index (κ3) is 4.58. The molecule has 4 aromatic heterocycles. The molecule has 12 heteroatoms. The first-order valence-electron chi connectivity index (χ1n) is 14.3. The number of hydrogen-bond acceptors (Lipinski definition) is 9. The summed E-state index contributed by atoms with van der Waals surface area (Å²) in [7, 11) is 0. The van der Waals surface area contributed by atoms with Crippen molar-refractivity contribution in [3.63, 3.8) is 0 Å². The molecule has 0 spiro atoms. The van der Waals surface area contributed by atoms with Gasteiger partial charge >= 0.3 is 5.76 Å². The zero-order chi connectivity index (χ0) is 27.4. The molecule has 1 N–H and O–H groups in total. The number of nitrogens with zero attached hydrogens (tertiary/aromatic N) is 7. The Labute approximate surface area is 236 Å². The monoisotopic (exact) mass is 564 g/mol. The molecule has 40 heavy (non-hydrogen) atoms. The van der Waals surface area contributed by atoms with Crippen molar-refractivity contribution >= 4 is 28.7 Å². The number of aromatic nitrogens is 7. The van der Waals surface area contributed by atoms with E-state index in [9.17, 15) is 4.79 Å². The second-order valence-electron chi connectivity index (χ2n) is 11.5. The third-order valence-electron chi connectivity index (χ3n) is 8.86. The first-order chi connectivity index (χ1) is 19.4. The second-order valence-corrected chi connectivity index (χ2v) is 12.0. The number of H-pyrrole nitrogens is 1. The molecule has 11 nitrogen and oxygen atoms in total. The SMILES string of the molecule is Cc1ncc(Cl)cc1-c1nc(-c2noc(=O)[nH]2)nc2nc(N3CCOC4CCCC43)n(C[C@H]3CC[C@H](C)CC3)c12. The van der Waals surface area contributed by atoms with Crippen molar-refractivity contribution in [1.29, 1.82) is 0 Å². The smallest absolute Gasteiger partial charge is 0.374 e. The van der Waals surface area contributed by atoms with Gasteiger partial charge in [0.25, 0.3) is 0 Å². The minimum absolute atomic E-state index is 0.153. The number of fused-ring (bicyclic) bond motifs is 2. The van der Waals surface area contributed by atoms with Crippen molar-refractivity contribution in [1.82, 2.24) is 34.6 Å². The number of aromatic amines is 1. The molecule has 2 atom stereocenters. The van der Waals surface area contributed by atoms with Gasteiger partial charge in [0.05, 0.1) is 23.8 Å². The Morgan fingerprint density at radius 1 is 1.12 bits per heavy atom. The summed E-state index contributed by atoms with van der Waals surface area (Å²) in [4.78, 5) is 36.3. The minimum Gasteiger partial charge on any atom is -0.374 e. The van der Waals surface area contributed by atoms with Crippen LogP contribution in [0.25, 0.3) is 34.1 Å². The third-order valence-corrected chi connectivity index (χ3v) is 9.07. The lowest BCUT2D eigenvalue weighted by molar-refractivity contribution is 0.0247. The summed E-state index contributed by atoms with van der Waals surface area (Å²) in [6.45, 7) is 6.56. The van der Waals surface area contributed by atoms with Crippen LogP contribution in [0.15, 0.2) is 21.6 Å². The Morgan fingerprint density at radius 3 is 2.77 bits per heavy atom. The molecule has 0 radical (unpaired) electrons. The number of nitrogens with one attached hydrogen (secondary N) is 1. The predicted octanol–water partition coefficient (Wildman–Crippen LogP) is 4.78. The highest BCUT2D eigenvalue weighted by molar-refractivity contribution is 6.30. The van der Waals surface area contributed by atoms with Gasteiger partial charge in [-0.3, -0.25) is 14.5 Å². The largest absolute Gasteiger partial charge is 0.439 e. The van der Waals surface area contributed by atoms with Crippen LogP contribution >= 0.6 is 11.6 Å². The van der Waals surface area contributed by atoms with E-state index in [-0.39, 0.29) is 23.8 Å². The first-order valence-corrected chi connectivity index (χ1v) is 14.7. The van der Waals surface area contributed by atoms with Gasteiger partial charge < -0.3 is 14.2 Å². The fourth-order valence-electron chi connectivity index (χ4n) is 6.73. The Kier molecular flexibility index (Phi) is 6.58. The van der Waals surface area contributed by atoms with E-state index in [1.807, 2.05) is 13.0 Å². The molecule has 3 aliphatic rings. The van der Waals surface area contributed by atoms with Gasteiger partial charge in [0.15, 0.2) is 5.65 Å². The number of morpholine rings is 1. The molecule has 2 aliphatic carbocycles. The molecule has 2 saturated carbocycles. The Balaban J connectivity index is 1.46. The van der Waals surface area contributed by atoms with Crippen molar-refractivity contribution in [2.45, 2.75) is 77.5 Å². The van der Waals surface area contributed by atoms with Gasteiger partial charge in [0.2, 0.25) is 17.6 Å². The van der Waals surface area contributed by atoms with Gasteiger partial charge in [-0.2, -0.15) is 4.98 Å². The maximum absolute atomic E-state index is 11.8. The molecular formula is C28H33ClN8O3. The average Bonchev–Trinajstić information content (AvgIpc) is 3.69. The maximum Gasteiger partial charge on any atom is 0.439 e. The number of rotatable bonds is 5. The van der Waals surface area contributed by atoms with Crippen LogP contribution in [0.1, 0.15) is 57.6 Å². The number of ether oxygens (including phenoxy) is 1. The number of hydrogen-bond donors (Lipinski definition) is 1. The van der Waals surface area contributed by atoms with Crippen LogP contribution in [0, 0.1) is 18.8 Å². The van der Waals surface area contributed by atoms with E-state index in [2.05, 4.69) is 31.5 Å². The van der Waals surface area contributed by atoms with E-state index < -0.39 is 5.76 Å². The quantitative estimate of drug-likeness (QED) is 0.364. The summed E-state index contributed by atoms with van der Waals surface area (Å²) in [6, 6.07) is 2.16. The molecule has 0 amide bonds. The van der Waals surface area contributed by atoms with Crippen LogP contribution < -0.4 is 10.7 Å². The maximum atomic E-state index is 11.8. The van der Waals surface area contributed by atoms with Crippen LogP contribution in [0.2, 0.25) is 5.02 Å². The van der Waals surface area contributed by atoms with Gasteiger partial charge in [-0.15, -0.1) is 0 Å². The van der Waals surface area contributed by atoms with E-state index in [0.29, 0.717) is 28.9 Å². The molecular weight excluding hydrogens is 532 g/mol. The van der Waals surface area contributed by atoms with Crippen LogP contribution in [-0.2, 0) is 11.3 Å². The lowest BCUT2D eigenvalue weighted by Crippen LogP contribution is -2.49. The average molecular weight is 565 g/mol. The molecule has 4 aromatic rings. The zero-order valence-electron chi connectivity index (χ0n) is 22.8. The topological polar surface area (TPSA) is 128 Å². The summed E-state index contributed by atoms with van der Waals surface area (Å²) in [5.41, 5.74) is 3.63. The molecule has 2 unspecified atom stereocenters. The van der Waals surface area contributed by atoms with Gasteiger partial charge in [0, 0.05) is 30.5 Å². The van der Waals surface area contributed by atoms with E-state index in [1.165, 1.54) is 25.7 Å². The molecule has 210 valence electrons. The van der Waals surface area contributed by atoms with Crippen molar-refractivity contribution in [2.75, 3.05) is 18.1 Å². The molecule has 0 aromatic carbocycles. The second kappa shape index (κ2) is 10.3. The Hall–Kier alpha value is -3.31.